The van der Waals surface area contributed by atoms with E-state index in [1.807, 2.05) is 57.2 Å². The molecule has 0 aliphatic carbocycles. The van der Waals surface area contributed by atoms with Gasteiger partial charge >= 0.3 is 12.1 Å². The highest BCUT2D eigenvalue weighted by molar-refractivity contribution is 5.73. The number of hydrogen-bond acceptors (Lipinski definition) is 5. The van der Waals surface area contributed by atoms with Crippen molar-refractivity contribution in [3.05, 3.63) is 59.2 Å². The smallest absolute Gasteiger partial charge is 0.407 e. The summed E-state index contributed by atoms with van der Waals surface area (Å²) < 4.78 is 15.7. The Morgan fingerprint density at radius 1 is 0.742 bits per heavy atom. The van der Waals surface area contributed by atoms with Gasteiger partial charge in [-0.3, -0.25) is 0 Å². The SMILES string of the molecule is COc1ccc(CNC(=O)NCc2ccc(CNC(=O)OC(C)(C)C)cc2)cc1OC. The molecule has 31 heavy (non-hydrogen) atoms. The maximum atomic E-state index is 12.1. The van der Waals surface area contributed by atoms with Crippen LogP contribution in [0.1, 0.15) is 37.5 Å². The predicted octanol–water partition coefficient (Wildman–Crippen LogP) is 3.73. The second-order valence-corrected chi connectivity index (χ2v) is 7.90. The number of hydrogen-bond donors (Lipinski definition) is 3. The second kappa shape index (κ2) is 11.1. The molecule has 0 fully saturated rings. The molecule has 2 aromatic carbocycles. The zero-order valence-electron chi connectivity index (χ0n) is 18.7. The second-order valence-electron chi connectivity index (χ2n) is 7.90. The van der Waals surface area contributed by atoms with Gasteiger partial charge in [0.05, 0.1) is 14.2 Å². The molecule has 8 nitrogen and oxygen atoms in total. The first-order chi connectivity index (χ1) is 14.7. The Morgan fingerprint density at radius 3 is 1.74 bits per heavy atom. The fourth-order valence-corrected chi connectivity index (χ4v) is 2.68. The minimum Gasteiger partial charge on any atom is -0.493 e. The molecule has 3 N–H and O–H groups in total. The van der Waals surface area contributed by atoms with Gasteiger partial charge in [0.1, 0.15) is 5.60 Å². The van der Waals surface area contributed by atoms with Crippen molar-refractivity contribution >= 4 is 12.1 Å². The number of benzene rings is 2. The van der Waals surface area contributed by atoms with E-state index in [-0.39, 0.29) is 6.03 Å². The minimum atomic E-state index is -0.528. The fourth-order valence-electron chi connectivity index (χ4n) is 2.68. The number of urea groups is 1. The fraction of sp³-hybridized carbons (Fsp3) is 0.391. The maximum Gasteiger partial charge on any atom is 0.407 e. The number of carbonyl (C=O) groups excluding carboxylic acids is 2. The normalized spacial score (nSPS) is 10.7. The molecule has 0 aromatic heterocycles. The summed E-state index contributed by atoms with van der Waals surface area (Å²) in [6.07, 6.45) is -0.454. The molecule has 0 spiro atoms. The van der Waals surface area contributed by atoms with Crippen LogP contribution in [0.5, 0.6) is 11.5 Å². The summed E-state index contributed by atoms with van der Waals surface area (Å²) in [4.78, 5) is 23.8. The van der Waals surface area contributed by atoms with E-state index in [0.29, 0.717) is 31.1 Å². The highest BCUT2D eigenvalue weighted by Crippen LogP contribution is 2.27. The molecular weight excluding hydrogens is 398 g/mol. The number of ether oxygens (including phenoxy) is 3. The number of carbonyl (C=O) groups is 2. The summed E-state index contributed by atoms with van der Waals surface area (Å²) in [5.74, 6) is 1.25. The standard InChI is InChI=1S/C23H31N3O5/c1-23(2,3)31-22(28)26-14-17-8-6-16(7-9-17)13-24-21(27)25-15-18-10-11-19(29-4)20(12-18)30-5/h6-12H,13-15H2,1-5H3,(H,26,28)(H2,24,25,27). The van der Waals surface area contributed by atoms with E-state index in [2.05, 4.69) is 16.0 Å². The van der Waals surface area contributed by atoms with Gasteiger partial charge in [-0.25, -0.2) is 9.59 Å². The lowest BCUT2D eigenvalue weighted by Crippen LogP contribution is -2.34. The first kappa shape index (κ1) is 23.9. The Balaban J connectivity index is 1.75. The third-order valence-corrected chi connectivity index (χ3v) is 4.21. The Labute approximate surface area is 183 Å². The van der Waals surface area contributed by atoms with E-state index < -0.39 is 11.7 Å². The van der Waals surface area contributed by atoms with Gasteiger partial charge in [-0.15, -0.1) is 0 Å². The van der Waals surface area contributed by atoms with Crippen molar-refractivity contribution in [1.29, 1.82) is 0 Å². The van der Waals surface area contributed by atoms with Crippen LogP contribution in [0, 0.1) is 0 Å². The van der Waals surface area contributed by atoms with Crippen LogP contribution in [0.4, 0.5) is 9.59 Å². The topological polar surface area (TPSA) is 97.9 Å². The van der Waals surface area contributed by atoms with Gasteiger partial charge in [-0.2, -0.15) is 0 Å². The molecule has 8 heteroatoms. The molecule has 0 bridgehead atoms. The van der Waals surface area contributed by atoms with E-state index in [0.717, 1.165) is 16.7 Å². The summed E-state index contributed by atoms with van der Waals surface area (Å²) in [7, 11) is 3.15. The van der Waals surface area contributed by atoms with E-state index in [4.69, 9.17) is 14.2 Å². The highest BCUT2D eigenvalue weighted by Gasteiger charge is 2.15. The molecule has 3 amide bonds. The van der Waals surface area contributed by atoms with Crippen LogP contribution >= 0.6 is 0 Å². The molecule has 2 aromatic rings. The van der Waals surface area contributed by atoms with Gasteiger partial charge in [-0.1, -0.05) is 30.3 Å². The molecule has 0 aliphatic rings. The van der Waals surface area contributed by atoms with Gasteiger partial charge in [0, 0.05) is 19.6 Å². The van der Waals surface area contributed by atoms with Gasteiger partial charge in [-0.05, 0) is 49.6 Å². The van der Waals surface area contributed by atoms with Crippen LogP contribution in [-0.2, 0) is 24.4 Å². The summed E-state index contributed by atoms with van der Waals surface area (Å²) in [6, 6.07) is 12.8. The molecule has 0 unspecified atom stereocenters. The summed E-state index contributed by atoms with van der Waals surface area (Å²) in [5, 5.41) is 8.35. The van der Waals surface area contributed by atoms with E-state index >= 15 is 0 Å². The Hall–Kier alpha value is -3.42. The quantitative estimate of drug-likeness (QED) is 0.594. The van der Waals surface area contributed by atoms with Crippen molar-refractivity contribution in [2.75, 3.05) is 14.2 Å². The average molecular weight is 430 g/mol. The van der Waals surface area contributed by atoms with Crippen LogP contribution in [0.25, 0.3) is 0 Å². The first-order valence-electron chi connectivity index (χ1n) is 9.97. The van der Waals surface area contributed by atoms with Gasteiger partial charge in [0.2, 0.25) is 0 Å². The van der Waals surface area contributed by atoms with Crippen molar-refractivity contribution in [2.24, 2.45) is 0 Å². The molecule has 0 saturated heterocycles. The van der Waals surface area contributed by atoms with Crippen molar-refractivity contribution in [3.63, 3.8) is 0 Å². The Morgan fingerprint density at radius 2 is 1.23 bits per heavy atom. The number of amides is 3. The van der Waals surface area contributed by atoms with Crippen LogP contribution in [0.2, 0.25) is 0 Å². The van der Waals surface area contributed by atoms with Crippen molar-refractivity contribution < 1.29 is 23.8 Å². The minimum absolute atomic E-state index is 0.273. The molecule has 0 heterocycles. The van der Waals surface area contributed by atoms with E-state index in [9.17, 15) is 9.59 Å². The van der Waals surface area contributed by atoms with Crippen molar-refractivity contribution in [2.45, 2.75) is 46.0 Å². The maximum absolute atomic E-state index is 12.1. The summed E-state index contributed by atoms with van der Waals surface area (Å²) in [5.41, 5.74) is 2.25. The number of rotatable bonds is 8. The number of nitrogens with one attached hydrogen (secondary N) is 3. The van der Waals surface area contributed by atoms with E-state index in [1.165, 1.54) is 0 Å². The molecular formula is C23H31N3O5. The third-order valence-electron chi connectivity index (χ3n) is 4.21. The lowest BCUT2D eigenvalue weighted by molar-refractivity contribution is 0.0523. The summed E-state index contributed by atoms with van der Waals surface area (Å²) >= 11 is 0. The van der Waals surface area contributed by atoms with Gasteiger partial charge < -0.3 is 30.2 Å². The summed E-state index contributed by atoms with van der Waals surface area (Å²) in [6.45, 7) is 6.57. The predicted molar refractivity (Wildman–Crippen MR) is 118 cm³/mol. The lowest BCUT2D eigenvalue weighted by Gasteiger charge is -2.19. The largest absolute Gasteiger partial charge is 0.493 e. The molecule has 0 radical (unpaired) electrons. The van der Waals surface area contributed by atoms with Gasteiger partial charge in [0.15, 0.2) is 11.5 Å². The number of alkyl carbamates (subject to hydrolysis) is 1. The van der Waals surface area contributed by atoms with Crippen LogP contribution in [0.15, 0.2) is 42.5 Å². The molecule has 0 aliphatic heterocycles. The van der Waals surface area contributed by atoms with Crippen LogP contribution in [-0.4, -0.2) is 31.9 Å². The Bertz CT molecular complexity index is 876. The highest BCUT2D eigenvalue weighted by atomic mass is 16.6. The first-order valence-corrected chi connectivity index (χ1v) is 9.97. The molecule has 168 valence electrons. The van der Waals surface area contributed by atoms with Gasteiger partial charge in [0.25, 0.3) is 0 Å². The van der Waals surface area contributed by atoms with Crippen molar-refractivity contribution in [3.8, 4) is 11.5 Å². The molecule has 0 saturated carbocycles. The zero-order chi connectivity index (χ0) is 22.9. The Kier molecular flexibility index (Phi) is 8.54. The number of methoxy groups -OCH3 is 2. The zero-order valence-corrected chi connectivity index (χ0v) is 18.7. The van der Waals surface area contributed by atoms with Crippen molar-refractivity contribution in [1.82, 2.24) is 16.0 Å². The lowest BCUT2D eigenvalue weighted by atomic mass is 10.1. The third kappa shape index (κ3) is 8.46. The molecule has 0 atom stereocenters. The average Bonchev–Trinajstić information content (AvgIpc) is 2.74. The van der Waals surface area contributed by atoms with Crippen LogP contribution < -0.4 is 25.4 Å². The molecule has 2 rings (SSSR count). The monoisotopic (exact) mass is 429 g/mol. The van der Waals surface area contributed by atoms with Crippen LogP contribution in [0.3, 0.4) is 0 Å². The van der Waals surface area contributed by atoms with E-state index in [1.54, 1.807) is 20.3 Å².